The summed E-state index contributed by atoms with van der Waals surface area (Å²) in [7, 11) is 5.43. The van der Waals surface area contributed by atoms with Crippen LogP contribution in [0.4, 0.5) is 0 Å². The van der Waals surface area contributed by atoms with Crippen molar-refractivity contribution in [3.8, 4) is 0 Å². The molecular formula is C44H106N8Si4Y2. The fourth-order valence-corrected chi connectivity index (χ4v) is 4.10. The van der Waals surface area contributed by atoms with Crippen molar-refractivity contribution in [2.75, 3.05) is 133 Å². The summed E-state index contributed by atoms with van der Waals surface area (Å²) in [4.78, 5) is 14.8. The molecule has 344 valence electrons. The van der Waals surface area contributed by atoms with Gasteiger partial charge in [0.05, 0.1) is 0 Å². The van der Waals surface area contributed by atoms with Crippen molar-refractivity contribution in [2.45, 2.75) is 131 Å². The Morgan fingerprint density at radius 3 is 0.638 bits per heavy atom. The van der Waals surface area contributed by atoms with Crippen molar-refractivity contribution >= 4 is 32.3 Å². The van der Waals surface area contributed by atoms with E-state index in [1.165, 1.54) is 78.5 Å². The molecule has 0 bridgehead atoms. The van der Waals surface area contributed by atoms with E-state index >= 15 is 0 Å². The average molecular weight is 1040 g/mol. The molecule has 0 spiro atoms. The molecule has 0 atom stereocenters. The van der Waals surface area contributed by atoms with Crippen LogP contribution in [-0.4, -0.2) is 206 Å². The molecule has 0 N–H and O–H groups in total. The minimum absolute atomic E-state index is 0. The van der Waals surface area contributed by atoms with Gasteiger partial charge < -0.3 is 66.2 Å². The fraction of sp³-hybridized carbons (Fsp3) is 0.909. The largest absolute Gasteiger partial charge is 3.00 e. The quantitative estimate of drug-likeness (QED) is 0.195. The van der Waals surface area contributed by atoms with Gasteiger partial charge in [-0.2, -0.15) is 0 Å². The molecule has 0 aromatic carbocycles. The first-order valence-corrected chi connectivity index (χ1v) is 36.5. The third kappa shape index (κ3) is 89.7. The standard InChI is InChI=1S/2C14H31N4.4C4H11Si.2Y/c2*1-14(2,3)15-6-7-18-12-10-16(4)8-9-17(5)11-13-18;4*1-5(2,3)4;;/h2*6-13H2,1-5H3;4*1H2,2-4H3;;/q6*-1;2*+3. The van der Waals surface area contributed by atoms with Gasteiger partial charge in [0.1, 0.15) is 0 Å². The zero-order valence-electron chi connectivity index (χ0n) is 43.9. The van der Waals surface area contributed by atoms with E-state index in [0.717, 1.165) is 26.2 Å². The molecule has 0 aromatic rings. The Kier molecular flexibility index (Phi) is 46.1. The first kappa shape index (κ1) is 72.4. The van der Waals surface area contributed by atoms with Crippen LogP contribution in [0.5, 0.6) is 0 Å². The molecular weight excluding hydrogens is 931 g/mol. The van der Waals surface area contributed by atoms with Crippen LogP contribution in [0.2, 0.25) is 78.6 Å². The normalized spacial score (nSPS) is 18.1. The van der Waals surface area contributed by atoms with Gasteiger partial charge >= 0.3 is 65.4 Å². The third-order valence-electron chi connectivity index (χ3n) is 6.92. The van der Waals surface area contributed by atoms with Crippen LogP contribution in [0, 0.1) is 26.2 Å². The third-order valence-corrected chi connectivity index (χ3v) is 6.92. The van der Waals surface area contributed by atoms with Gasteiger partial charge in [-0.05, 0) is 41.3 Å². The number of nitrogens with zero attached hydrogens (tertiary/aromatic N) is 8. The summed E-state index contributed by atoms with van der Waals surface area (Å²) in [5, 5.41) is 9.39. The van der Waals surface area contributed by atoms with Crippen LogP contribution in [0.15, 0.2) is 0 Å². The Morgan fingerprint density at radius 2 is 0.500 bits per heavy atom. The molecule has 14 heteroatoms. The summed E-state index contributed by atoms with van der Waals surface area (Å²) >= 11 is 0. The van der Waals surface area contributed by atoms with Crippen molar-refractivity contribution in [1.82, 2.24) is 29.4 Å². The van der Waals surface area contributed by atoms with E-state index in [0.29, 0.717) is 0 Å². The zero-order chi connectivity index (χ0) is 45.2. The molecule has 0 aliphatic carbocycles. The monoisotopic (exact) mass is 1040 g/mol. The zero-order valence-corrected chi connectivity index (χ0v) is 53.6. The maximum Gasteiger partial charge on any atom is 3.00 e. The molecule has 2 fully saturated rings. The molecule has 0 unspecified atom stereocenters. The predicted molar refractivity (Wildman–Crippen MR) is 274 cm³/mol. The summed E-state index contributed by atoms with van der Waals surface area (Å²) in [6.07, 6.45) is 0. The van der Waals surface area contributed by atoms with Crippen molar-refractivity contribution < 1.29 is 65.4 Å². The van der Waals surface area contributed by atoms with E-state index < -0.39 is 32.3 Å². The van der Waals surface area contributed by atoms with Gasteiger partial charge in [-0.25, -0.2) is 0 Å². The van der Waals surface area contributed by atoms with Gasteiger partial charge in [-0.15, -0.1) is 56.5 Å². The van der Waals surface area contributed by atoms with E-state index in [-0.39, 0.29) is 76.5 Å². The van der Waals surface area contributed by atoms with E-state index in [2.05, 4.69) is 204 Å². The second kappa shape index (κ2) is 36.9. The first-order valence-electron chi connectivity index (χ1n) is 21.7. The van der Waals surface area contributed by atoms with Crippen LogP contribution < -0.4 is 0 Å². The summed E-state index contributed by atoms with van der Waals surface area (Å²) in [5.74, 6) is 0. The second-order valence-corrected chi connectivity index (χ2v) is 43.7. The second-order valence-electron chi connectivity index (χ2n) is 23.2. The van der Waals surface area contributed by atoms with Crippen LogP contribution in [-0.2, 0) is 65.4 Å². The SMILES string of the molecule is CN1CCN(C)CCN(CC[N-]C(C)(C)C)CC1.CN1CCN(C)CCN(CC[N-]C(C)(C)C)CC1.[CH2-][Si](C)(C)C.[CH2-][Si](C)(C)C.[CH2-][Si](C)(C)C.[CH2-][Si](C)(C)C.[Y+3].[Y+3]. The van der Waals surface area contributed by atoms with Gasteiger partial charge in [0, 0.05) is 78.5 Å². The molecule has 2 saturated heterocycles. The Morgan fingerprint density at radius 1 is 0.362 bits per heavy atom. The topological polar surface area (TPSA) is 47.6 Å². The smallest absolute Gasteiger partial charge is 0.656 e. The number of likely N-dealkylation sites (N-methyl/N-ethyl adjacent to an activating group) is 4. The van der Waals surface area contributed by atoms with E-state index in [9.17, 15) is 0 Å². The molecule has 2 aliphatic rings. The number of hydrogen-bond donors (Lipinski definition) is 0. The Hall–Kier alpha value is 2.76. The Bertz CT molecular complexity index is 749. The number of rotatable bonds is 6. The average Bonchev–Trinajstić information content (AvgIpc) is 3.05. The Labute approximate surface area is 423 Å². The number of hydrogen-bond acceptors (Lipinski definition) is 6. The summed E-state index contributed by atoms with van der Waals surface area (Å²) in [5.41, 5.74) is 0.209. The van der Waals surface area contributed by atoms with Crippen LogP contribution in [0.3, 0.4) is 0 Å². The van der Waals surface area contributed by atoms with E-state index in [1.54, 1.807) is 0 Å². The van der Waals surface area contributed by atoms with Crippen LogP contribution in [0.25, 0.3) is 10.6 Å². The first-order chi connectivity index (χ1) is 24.7. The minimum Gasteiger partial charge on any atom is -0.656 e. The van der Waals surface area contributed by atoms with Crippen LogP contribution in [0.1, 0.15) is 41.5 Å². The molecule has 2 rings (SSSR count). The predicted octanol–water partition coefficient (Wildman–Crippen LogP) is 9.46. The Balaban J connectivity index is -0.000000156. The molecule has 2 heterocycles. The molecule has 0 aromatic heterocycles. The van der Waals surface area contributed by atoms with Crippen molar-refractivity contribution in [1.29, 1.82) is 0 Å². The molecule has 2 aliphatic heterocycles. The summed E-state index contributed by atoms with van der Waals surface area (Å²) < 4.78 is 0. The summed E-state index contributed by atoms with van der Waals surface area (Å²) in [6, 6.07) is 0. The molecule has 0 radical (unpaired) electrons. The van der Waals surface area contributed by atoms with Gasteiger partial charge in [-0.1, -0.05) is 120 Å². The van der Waals surface area contributed by atoms with Crippen molar-refractivity contribution in [2.24, 2.45) is 0 Å². The van der Waals surface area contributed by atoms with Crippen LogP contribution >= 0.6 is 0 Å². The summed E-state index contributed by atoms with van der Waals surface area (Å²) in [6.45, 7) is 73.4. The molecule has 0 saturated carbocycles. The van der Waals surface area contributed by atoms with Gasteiger partial charge in [0.15, 0.2) is 0 Å². The minimum atomic E-state index is -0.861. The maximum absolute atomic E-state index is 4.70. The van der Waals surface area contributed by atoms with Crippen molar-refractivity contribution in [3.05, 3.63) is 36.8 Å². The molecule has 0 amide bonds. The van der Waals surface area contributed by atoms with Gasteiger partial charge in [0.25, 0.3) is 0 Å². The van der Waals surface area contributed by atoms with Gasteiger partial charge in [-0.3, -0.25) is 0 Å². The molecule has 8 nitrogen and oxygen atoms in total. The fourth-order valence-electron chi connectivity index (χ4n) is 4.10. The van der Waals surface area contributed by atoms with E-state index in [4.69, 9.17) is 10.6 Å². The van der Waals surface area contributed by atoms with Gasteiger partial charge in [0.2, 0.25) is 0 Å². The molecule has 58 heavy (non-hydrogen) atoms. The maximum atomic E-state index is 4.70. The van der Waals surface area contributed by atoms with Crippen molar-refractivity contribution in [3.63, 3.8) is 0 Å². The van der Waals surface area contributed by atoms with E-state index in [1.807, 2.05) is 0 Å².